The fraction of sp³-hybridized carbons (Fsp3) is 0.241. The van der Waals surface area contributed by atoms with Gasteiger partial charge in [-0.2, -0.15) is 10.4 Å². The van der Waals surface area contributed by atoms with E-state index in [0.29, 0.717) is 31.0 Å². The van der Waals surface area contributed by atoms with Gasteiger partial charge in [0.05, 0.1) is 28.7 Å². The second kappa shape index (κ2) is 8.79. The van der Waals surface area contributed by atoms with Crippen LogP contribution in [0.1, 0.15) is 16.8 Å². The number of rotatable bonds is 6. The Morgan fingerprint density at radius 1 is 1.24 bits per heavy atom. The molecule has 1 amide bonds. The second-order valence-electron chi connectivity index (χ2n) is 9.93. The molecule has 184 valence electrons. The molecular weight excluding hydrogens is 464 g/mol. The molecule has 8 heteroatoms. The van der Waals surface area contributed by atoms with Crippen LogP contribution in [0.4, 0.5) is 5.69 Å². The molecule has 37 heavy (non-hydrogen) atoms. The number of aryl methyl sites for hydroxylation is 1. The lowest BCUT2D eigenvalue weighted by atomic mass is 9.72. The van der Waals surface area contributed by atoms with E-state index >= 15 is 0 Å². The third kappa shape index (κ3) is 3.89. The van der Waals surface area contributed by atoms with Gasteiger partial charge in [0.15, 0.2) is 0 Å². The zero-order chi connectivity index (χ0) is 25.6. The van der Waals surface area contributed by atoms with Crippen molar-refractivity contribution in [3.8, 4) is 22.9 Å². The van der Waals surface area contributed by atoms with Crippen molar-refractivity contribution in [1.82, 2.24) is 20.1 Å². The lowest BCUT2D eigenvalue weighted by Crippen LogP contribution is -2.73. The first-order chi connectivity index (χ1) is 18.0. The van der Waals surface area contributed by atoms with Crippen LogP contribution >= 0.6 is 0 Å². The Labute approximate surface area is 214 Å². The number of anilines is 1. The summed E-state index contributed by atoms with van der Waals surface area (Å²) in [6, 6.07) is 16.2. The maximum absolute atomic E-state index is 11.9. The van der Waals surface area contributed by atoms with Crippen LogP contribution < -0.4 is 9.64 Å². The first-order valence-electron chi connectivity index (χ1n) is 12.2. The van der Waals surface area contributed by atoms with Crippen LogP contribution in [0.3, 0.4) is 0 Å². The average Bonchev–Trinajstić information content (AvgIpc) is 3.34. The van der Waals surface area contributed by atoms with Gasteiger partial charge in [-0.05, 0) is 48.4 Å². The van der Waals surface area contributed by atoms with Gasteiger partial charge in [-0.1, -0.05) is 18.7 Å². The van der Waals surface area contributed by atoms with E-state index in [1.165, 1.54) is 6.08 Å². The predicted octanol–water partition coefficient (Wildman–Crippen LogP) is 4.22. The fourth-order valence-corrected chi connectivity index (χ4v) is 5.56. The van der Waals surface area contributed by atoms with E-state index in [0.717, 1.165) is 52.1 Å². The van der Waals surface area contributed by atoms with Gasteiger partial charge in [0.1, 0.15) is 18.4 Å². The number of fused-ring (bicyclic) bond motifs is 1. The van der Waals surface area contributed by atoms with E-state index in [1.54, 1.807) is 12.4 Å². The molecule has 2 saturated heterocycles. The number of carbonyl (C=O) groups excluding carboxylic acids is 1. The third-order valence-corrected chi connectivity index (χ3v) is 7.35. The van der Waals surface area contributed by atoms with Crippen molar-refractivity contribution in [2.45, 2.75) is 13.5 Å². The van der Waals surface area contributed by atoms with Crippen LogP contribution in [0, 0.1) is 23.7 Å². The van der Waals surface area contributed by atoms with Gasteiger partial charge >= 0.3 is 0 Å². The van der Waals surface area contributed by atoms with E-state index in [4.69, 9.17) is 4.74 Å². The number of nitrogens with one attached hydrogen (secondary N) is 1. The van der Waals surface area contributed by atoms with Gasteiger partial charge < -0.3 is 14.5 Å². The number of ether oxygens (including phenoxy) is 1. The average molecular weight is 491 g/mol. The highest BCUT2D eigenvalue weighted by Gasteiger charge is 2.53. The van der Waals surface area contributed by atoms with Crippen molar-refractivity contribution in [3.63, 3.8) is 0 Å². The van der Waals surface area contributed by atoms with Gasteiger partial charge in [-0.25, -0.2) is 0 Å². The number of aromatic nitrogens is 3. The molecule has 4 heterocycles. The molecule has 0 radical (unpaired) electrons. The largest absolute Gasteiger partial charge is 0.487 e. The van der Waals surface area contributed by atoms with Gasteiger partial charge in [0.2, 0.25) is 5.91 Å². The Bertz CT molecular complexity index is 1550. The van der Waals surface area contributed by atoms with Crippen molar-refractivity contribution in [1.29, 1.82) is 5.26 Å². The lowest BCUT2D eigenvalue weighted by molar-refractivity contribution is -0.139. The molecule has 1 N–H and O–H groups in total. The number of amides is 1. The summed E-state index contributed by atoms with van der Waals surface area (Å²) in [5.41, 5.74) is 6.09. The molecule has 2 aromatic heterocycles. The van der Waals surface area contributed by atoms with Gasteiger partial charge in [-0.3, -0.25) is 14.9 Å². The minimum atomic E-state index is -0.0299. The molecule has 2 aliphatic heterocycles. The molecule has 6 rings (SSSR count). The minimum absolute atomic E-state index is 0.0299. The summed E-state index contributed by atoms with van der Waals surface area (Å²) < 4.78 is 6.22. The summed E-state index contributed by atoms with van der Waals surface area (Å²) in [5, 5.41) is 18.6. The Balaban J connectivity index is 1.39. The zero-order valence-electron chi connectivity index (χ0n) is 20.6. The van der Waals surface area contributed by atoms with Crippen LogP contribution in [-0.2, 0) is 11.4 Å². The SMILES string of the molecule is C=CC(=O)N1CC2(C1)CN(c1cc(OCc3ccccn3)cc(-c3c(C)ccc4[nH]ncc34)c1C#N)C2. The number of pyridine rings is 1. The third-order valence-electron chi connectivity index (χ3n) is 7.35. The number of aromatic amines is 1. The zero-order valence-corrected chi connectivity index (χ0v) is 20.6. The molecular formula is C29H26N6O2. The van der Waals surface area contributed by atoms with Crippen LogP contribution in [0.2, 0.25) is 0 Å². The molecule has 2 aromatic carbocycles. The minimum Gasteiger partial charge on any atom is -0.487 e. The summed E-state index contributed by atoms with van der Waals surface area (Å²) in [7, 11) is 0. The molecule has 4 aromatic rings. The maximum Gasteiger partial charge on any atom is 0.245 e. The van der Waals surface area contributed by atoms with Crippen molar-refractivity contribution < 1.29 is 9.53 Å². The Kier molecular flexibility index (Phi) is 5.41. The van der Waals surface area contributed by atoms with E-state index in [9.17, 15) is 10.1 Å². The highest BCUT2D eigenvalue weighted by molar-refractivity contribution is 5.99. The molecule has 2 fully saturated rings. The summed E-state index contributed by atoms with van der Waals surface area (Å²) in [6.07, 6.45) is 4.92. The molecule has 0 atom stereocenters. The highest BCUT2D eigenvalue weighted by Crippen LogP contribution is 2.46. The number of nitrogens with zero attached hydrogens (tertiary/aromatic N) is 5. The molecule has 0 aliphatic carbocycles. The van der Waals surface area contributed by atoms with E-state index in [-0.39, 0.29) is 11.3 Å². The first kappa shape index (κ1) is 22.8. The number of H-pyrrole nitrogens is 1. The molecule has 0 bridgehead atoms. The van der Waals surface area contributed by atoms with Crippen molar-refractivity contribution in [2.24, 2.45) is 5.41 Å². The van der Waals surface area contributed by atoms with Crippen LogP contribution in [0.25, 0.3) is 22.0 Å². The van der Waals surface area contributed by atoms with Crippen LogP contribution in [0.5, 0.6) is 5.75 Å². The maximum atomic E-state index is 11.9. The van der Waals surface area contributed by atoms with Crippen LogP contribution in [0.15, 0.2) is 67.5 Å². The molecule has 1 spiro atoms. The Morgan fingerprint density at radius 3 is 2.81 bits per heavy atom. The first-order valence-corrected chi connectivity index (χ1v) is 12.2. The Hall–Kier alpha value is -4.64. The monoisotopic (exact) mass is 490 g/mol. The molecule has 0 saturated carbocycles. The van der Waals surface area contributed by atoms with E-state index < -0.39 is 0 Å². The number of benzene rings is 2. The number of likely N-dealkylation sites (tertiary alicyclic amines) is 1. The molecule has 2 aliphatic rings. The van der Waals surface area contributed by atoms with Gasteiger partial charge in [0, 0.05) is 54.8 Å². The summed E-state index contributed by atoms with van der Waals surface area (Å²) in [4.78, 5) is 20.3. The quantitative estimate of drug-likeness (QED) is 0.407. The lowest BCUT2D eigenvalue weighted by Gasteiger charge is -2.60. The second-order valence-corrected chi connectivity index (χ2v) is 9.93. The summed E-state index contributed by atoms with van der Waals surface area (Å²) in [5.74, 6) is 0.644. The van der Waals surface area contributed by atoms with Crippen molar-refractivity contribution in [2.75, 3.05) is 31.1 Å². The number of carbonyl (C=O) groups is 1. The summed E-state index contributed by atoms with van der Waals surface area (Å²) in [6.45, 7) is 8.94. The van der Waals surface area contributed by atoms with E-state index in [1.807, 2.05) is 54.3 Å². The standard InChI is InChI=1S/C29H26N6O2/c1-3-27(36)35-17-29(18-35)15-34(16-29)26-11-21(37-14-20-6-4-5-9-31-20)10-22(23(26)12-30)28-19(2)7-8-25-24(28)13-32-33-25/h3-11,13H,1,14-18H2,2H3,(H,32,33). The smallest absolute Gasteiger partial charge is 0.245 e. The predicted molar refractivity (Wildman–Crippen MR) is 141 cm³/mol. The van der Waals surface area contributed by atoms with E-state index in [2.05, 4.69) is 32.7 Å². The number of hydrogen-bond acceptors (Lipinski definition) is 6. The van der Waals surface area contributed by atoms with Crippen molar-refractivity contribution in [3.05, 3.63) is 84.3 Å². The van der Waals surface area contributed by atoms with Crippen molar-refractivity contribution >= 4 is 22.5 Å². The highest BCUT2D eigenvalue weighted by atomic mass is 16.5. The van der Waals surface area contributed by atoms with Gasteiger partial charge in [-0.15, -0.1) is 0 Å². The normalized spacial score (nSPS) is 15.7. The number of nitriles is 1. The molecule has 0 unspecified atom stereocenters. The fourth-order valence-electron chi connectivity index (χ4n) is 5.56. The van der Waals surface area contributed by atoms with Crippen LogP contribution in [-0.4, -0.2) is 52.2 Å². The topological polar surface area (TPSA) is 98.1 Å². The number of hydrogen-bond donors (Lipinski definition) is 1. The summed E-state index contributed by atoms with van der Waals surface area (Å²) >= 11 is 0. The molecule has 8 nitrogen and oxygen atoms in total. The Morgan fingerprint density at radius 2 is 2.08 bits per heavy atom. The van der Waals surface area contributed by atoms with Gasteiger partial charge in [0.25, 0.3) is 0 Å².